The zero-order valence-corrected chi connectivity index (χ0v) is 13.2. The molecule has 0 spiro atoms. The maximum absolute atomic E-state index is 6.03. The van der Waals surface area contributed by atoms with Crippen molar-refractivity contribution in [2.75, 3.05) is 30.8 Å². The molecule has 0 radical (unpaired) electrons. The van der Waals surface area contributed by atoms with Crippen molar-refractivity contribution in [2.45, 2.75) is 19.8 Å². The van der Waals surface area contributed by atoms with Crippen molar-refractivity contribution in [1.29, 1.82) is 0 Å². The highest BCUT2D eigenvalue weighted by Gasteiger charge is 2.06. The van der Waals surface area contributed by atoms with Crippen molar-refractivity contribution < 1.29 is 4.74 Å². The largest absolute Gasteiger partial charge is 0.396 e. The third-order valence-corrected chi connectivity index (χ3v) is 3.47. The molecule has 1 aromatic heterocycles. The fourth-order valence-corrected chi connectivity index (χ4v) is 2.37. The van der Waals surface area contributed by atoms with Crippen LogP contribution in [0.2, 0.25) is 0 Å². The minimum absolute atomic E-state index is 0.671. The van der Waals surface area contributed by atoms with E-state index in [0.29, 0.717) is 5.69 Å². The molecule has 0 amide bonds. The Morgan fingerprint density at radius 2 is 2.20 bits per heavy atom. The number of rotatable bonds is 7. The second-order valence-electron chi connectivity index (χ2n) is 4.64. The Kier molecular flexibility index (Phi) is 5.61. The summed E-state index contributed by atoms with van der Waals surface area (Å²) in [5.41, 5.74) is 8.59. The van der Waals surface area contributed by atoms with Gasteiger partial charge in [0, 0.05) is 29.6 Å². The van der Waals surface area contributed by atoms with Crippen molar-refractivity contribution in [3.63, 3.8) is 0 Å². The third-order valence-electron chi connectivity index (χ3n) is 2.98. The second-order valence-corrected chi connectivity index (χ2v) is 5.56. The molecule has 0 aliphatic rings. The number of nitrogens with two attached hydrogens (primary N) is 1. The van der Waals surface area contributed by atoms with Gasteiger partial charge >= 0.3 is 0 Å². The predicted molar refractivity (Wildman–Crippen MR) is 88.1 cm³/mol. The van der Waals surface area contributed by atoms with E-state index in [9.17, 15) is 0 Å². The van der Waals surface area contributed by atoms with Crippen molar-refractivity contribution in [3.05, 3.63) is 28.9 Å². The molecule has 0 unspecified atom stereocenters. The lowest BCUT2D eigenvalue weighted by atomic mass is 10.1. The first-order chi connectivity index (χ1) is 9.72. The molecule has 1 heterocycles. The van der Waals surface area contributed by atoms with Gasteiger partial charge in [-0.05, 0) is 31.0 Å². The van der Waals surface area contributed by atoms with E-state index in [1.165, 1.54) is 0 Å². The molecule has 0 aliphatic carbocycles. The lowest BCUT2D eigenvalue weighted by Gasteiger charge is -2.12. The minimum atomic E-state index is 0.671. The van der Waals surface area contributed by atoms with E-state index in [-0.39, 0.29) is 0 Å². The van der Waals surface area contributed by atoms with Crippen LogP contribution in [0.15, 0.2) is 28.9 Å². The van der Waals surface area contributed by atoms with E-state index < -0.39 is 0 Å². The molecule has 4 nitrogen and oxygen atoms in total. The van der Waals surface area contributed by atoms with Crippen LogP contribution in [0, 0.1) is 0 Å². The molecule has 3 N–H and O–H groups in total. The summed E-state index contributed by atoms with van der Waals surface area (Å²) in [5.74, 6) is 0. The molecule has 0 bridgehead atoms. The van der Waals surface area contributed by atoms with Crippen LogP contribution in [0.25, 0.3) is 10.9 Å². The number of halogens is 1. The summed E-state index contributed by atoms with van der Waals surface area (Å²) < 4.78 is 6.49. The predicted octanol–water partition coefficient (Wildman–Crippen LogP) is 3.81. The van der Waals surface area contributed by atoms with Crippen LogP contribution >= 0.6 is 15.9 Å². The molecule has 5 heteroatoms. The van der Waals surface area contributed by atoms with E-state index >= 15 is 0 Å². The smallest absolute Gasteiger partial charge is 0.0743 e. The van der Waals surface area contributed by atoms with Crippen LogP contribution in [0.4, 0.5) is 11.4 Å². The summed E-state index contributed by atoms with van der Waals surface area (Å²) in [7, 11) is 0. The number of hydrogen-bond donors (Lipinski definition) is 2. The molecule has 108 valence electrons. The third kappa shape index (κ3) is 3.84. The van der Waals surface area contributed by atoms with Crippen LogP contribution < -0.4 is 11.1 Å². The molecule has 0 saturated heterocycles. The first-order valence-electron chi connectivity index (χ1n) is 6.87. The number of nitrogens with zero attached hydrogens (tertiary/aromatic N) is 1. The lowest BCUT2D eigenvalue weighted by Crippen LogP contribution is -2.08. The van der Waals surface area contributed by atoms with Gasteiger partial charge < -0.3 is 15.8 Å². The molecule has 1 aromatic carbocycles. The highest BCUT2D eigenvalue weighted by Crippen LogP contribution is 2.29. The number of aromatic nitrogens is 1. The fourth-order valence-electron chi connectivity index (χ4n) is 2.01. The number of ether oxygens (including phenoxy) is 1. The van der Waals surface area contributed by atoms with Gasteiger partial charge in [0.2, 0.25) is 0 Å². The first-order valence-corrected chi connectivity index (χ1v) is 7.67. The molecule has 2 rings (SSSR count). The Labute approximate surface area is 127 Å². The molecular weight excluding hydrogens is 318 g/mol. The van der Waals surface area contributed by atoms with Gasteiger partial charge in [-0.25, -0.2) is 0 Å². The number of nitrogen functional groups attached to an aromatic ring is 1. The molecule has 0 atom stereocenters. The minimum Gasteiger partial charge on any atom is -0.396 e. The second kappa shape index (κ2) is 7.45. The first kappa shape index (κ1) is 15.1. The topological polar surface area (TPSA) is 60.2 Å². The van der Waals surface area contributed by atoms with Gasteiger partial charge in [0.05, 0.1) is 23.1 Å². The van der Waals surface area contributed by atoms with E-state index in [4.69, 9.17) is 10.5 Å². The monoisotopic (exact) mass is 337 g/mol. The molecule has 0 fully saturated rings. The van der Waals surface area contributed by atoms with Gasteiger partial charge in [0.15, 0.2) is 0 Å². The van der Waals surface area contributed by atoms with Crippen molar-refractivity contribution in [3.8, 4) is 0 Å². The summed E-state index contributed by atoms with van der Waals surface area (Å²) in [6.45, 7) is 4.54. The van der Waals surface area contributed by atoms with Crippen LogP contribution in [-0.4, -0.2) is 24.7 Å². The maximum atomic E-state index is 6.03. The summed E-state index contributed by atoms with van der Waals surface area (Å²) in [6.07, 6.45) is 3.72. The molecule has 0 saturated carbocycles. The number of hydrogen-bond acceptors (Lipinski definition) is 4. The summed E-state index contributed by atoms with van der Waals surface area (Å²) >= 11 is 3.49. The van der Waals surface area contributed by atoms with Gasteiger partial charge in [-0.2, -0.15) is 0 Å². The fraction of sp³-hybridized carbons (Fsp3) is 0.400. The summed E-state index contributed by atoms with van der Waals surface area (Å²) in [6, 6.07) is 6.00. The van der Waals surface area contributed by atoms with Crippen molar-refractivity contribution >= 4 is 38.2 Å². The van der Waals surface area contributed by atoms with Gasteiger partial charge in [0.1, 0.15) is 0 Å². The van der Waals surface area contributed by atoms with Crippen LogP contribution in [0.5, 0.6) is 0 Å². The average Bonchev–Trinajstić information content (AvgIpc) is 2.44. The Morgan fingerprint density at radius 3 is 3.00 bits per heavy atom. The maximum Gasteiger partial charge on any atom is 0.0743 e. The molecule has 2 aromatic rings. The lowest BCUT2D eigenvalue weighted by molar-refractivity contribution is 0.134. The van der Waals surface area contributed by atoms with E-state index in [0.717, 1.165) is 53.7 Å². The van der Waals surface area contributed by atoms with Crippen molar-refractivity contribution in [1.82, 2.24) is 4.98 Å². The van der Waals surface area contributed by atoms with Gasteiger partial charge in [-0.15, -0.1) is 0 Å². The average molecular weight is 338 g/mol. The van der Waals surface area contributed by atoms with Crippen molar-refractivity contribution in [2.24, 2.45) is 0 Å². The molecule has 20 heavy (non-hydrogen) atoms. The van der Waals surface area contributed by atoms with E-state index in [1.54, 1.807) is 6.20 Å². The zero-order chi connectivity index (χ0) is 14.4. The van der Waals surface area contributed by atoms with Gasteiger partial charge in [-0.1, -0.05) is 22.9 Å². The Hall–Kier alpha value is -1.33. The highest BCUT2D eigenvalue weighted by molar-refractivity contribution is 9.10. The summed E-state index contributed by atoms with van der Waals surface area (Å²) in [4.78, 5) is 4.34. The number of nitrogens with one attached hydrogen (secondary N) is 1. The number of pyridine rings is 1. The standard InChI is InChI=1S/C15H20BrN3O/c1-2-7-20-8-3-6-18-15-12-9-11(16)4-5-14(12)19-10-13(15)17/h4-5,9-10H,2-3,6-8,17H2,1H3,(H,18,19). The number of benzene rings is 1. The number of fused-ring (bicyclic) bond motifs is 1. The van der Waals surface area contributed by atoms with Crippen LogP contribution in [0.3, 0.4) is 0 Å². The van der Waals surface area contributed by atoms with E-state index in [1.807, 2.05) is 18.2 Å². The normalized spacial score (nSPS) is 10.9. The SMILES string of the molecule is CCCOCCCNc1c(N)cnc2ccc(Br)cc12. The van der Waals surface area contributed by atoms with Gasteiger partial charge in [0.25, 0.3) is 0 Å². The zero-order valence-electron chi connectivity index (χ0n) is 11.7. The van der Waals surface area contributed by atoms with Gasteiger partial charge in [-0.3, -0.25) is 4.98 Å². The highest BCUT2D eigenvalue weighted by atomic mass is 79.9. The molecule has 0 aliphatic heterocycles. The Morgan fingerprint density at radius 1 is 1.35 bits per heavy atom. The quantitative estimate of drug-likeness (QED) is 0.754. The summed E-state index contributed by atoms with van der Waals surface area (Å²) in [5, 5.41) is 4.43. The van der Waals surface area contributed by atoms with Crippen LogP contribution in [0.1, 0.15) is 19.8 Å². The van der Waals surface area contributed by atoms with E-state index in [2.05, 4.69) is 33.2 Å². The number of anilines is 2. The Balaban J connectivity index is 2.05. The Bertz CT molecular complexity index is 569. The molecular formula is C15H20BrN3O. The van der Waals surface area contributed by atoms with Crippen LogP contribution in [-0.2, 0) is 4.74 Å².